The van der Waals surface area contributed by atoms with E-state index in [2.05, 4.69) is 16.8 Å². The predicted octanol–water partition coefficient (Wildman–Crippen LogP) is 0.830. The first-order valence-electron chi connectivity index (χ1n) is 5.43. The highest BCUT2D eigenvalue weighted by Crippen LogP contribution is 2.26. The number of nitrogens with zero attached hydrogens (tertiary/aromatic N) is 2. The molecule has 1 aromatic rings. The number of hydrogen-bond donors (Lipinski definition) is 2. The Kier molecular flexibility index (Phi) is 3.31. The second-order valence-corrected chi connectivity index (χ2v) is 3.98. The maximum atomic E-state index is 11.4. The molecule has 1 aliphatic rings. The summed E-state index contributed by atoms with van der Waals surface area (Å²) in [4.78, 5) is 23.6. The number of aromatic nitrogens is 2. The third-order valence-corrected chi connectivity index (χ3v) is 2.72. The molecule has 0 radical (unpaired) electrons. The number of H-pyrrole nitrogens is 1. The molecule has 2 N–H and O–H groups in total. The van der Waals surface area contributed by atoms with Crippen molar-refractivity contribution in [1.29, 1.82) is 0 Å². The van der Waals surface area contributed by atoms with Gasteiger partial charge in [-0.3, -0.25) is 5.10 Å². The van der Waals surface area contributed by atoms with E-state index in [1.54, 1.807) is 0 Å². The summed E-state index contributed by atoms with van der Waals surface area (Å²) in [5.74, 6) is -0.985. The summed E-state index contributed by atoms with van der Waals surface area (Å²) in [6, 6.07) is 1.49. The zero-order valence-electron chi connectivity index (χ0n) is 9.63. The van der Waals surface area contributed by atoms with Gasteiger partial charge in [-0.05, 0) is 6.07 Å². The monoisotopic (exact) mass is 251 g/mol. The Balaban J connectivity index is 1.86. The third-order valence-electron chi connectivity index (χ3n) is 2.72. The minimum Gasteiger partial charge on any atom is -0.476 e. The van der Waals surface area contributed by atoms with Crippen molar-refractivity contribution in [1.82, 2.24) is 15.1 Å². The molecule has 7 nitrogen and oxygen atoms in total. The Morgan fingerprint density at radius 1 is 1.67 bits per heavy atom. The van der Waals surface area contributed by atoms with Crippen molar-refractivity contribution in [2.45, 2.75) is 5.92 Å². The minimum atomic E-state index is -1.07. The van der Waals surface area contributed by atoms with Crippen LogP contribution in [0.1, 0.15) is 22.1 Å². The summed E-state index contributed by atoms with van der Waals surface area (Å²) in [6.07, 6.45) is 1.12. The van der Waals surface area contributed by atoms with Gasteiger partial charge in [-0.2, -0.15) is 5.10 Å². The quantitative estimate of drug-likeness (QED) is 0.773. The maximum Gasteiger partial charge on any atom is 0.410 e. The smallest absolute Gasteiger partial charge is 0.410 e. The van der Waals surface area contributed by atoms with Gasteiger partial charge in [0.1, 0.15) is 6.61 Å². The Hall–Kier alpha value is -2.31. The van der Waals surface area contributed by atoms with E-state index in [0.29, 0.717) is 13.1 Å². The molecule has 0 atom stereocenters. The van der Waals surface area contributed by atoms with Gasteiger partial charge in [0.25, 0.3) is 0 Å². The van der Waals surface area contributed by atoms with Crippen molar-refractivity contribution in [3.63, 3.8) is 0 Å². The van der Waals surface area contributed by atoms with Crippen LogP contribution < -0.4 is 0 Å². The molecule has 2 rings (SSSR count). The molecule has 1 fully saturated rings. The van der Waals surface area contributed by atoms with Crippen molar-refractivity contribution < 1.29 is 19.4 Å². The molecule has 0 unspecified atom stereocenters. The highest BCUT2D eigenvalue weighted by molar-refractivity contribution is 5.85. The molecule has 0 aromatic carbocycles. The SMILES string of the molecule is C=CCOC(=O)N1CC(c2cc(C(=O)O)n[nH]2)C1. The lowest BCUT2D eigenvalue weighted by Gasteiger charge is -2.37. The number of nitrogens with one attached hydrogen (secondary N) is 1. The molecule has 18 heavy (non-hydrogen) atoms. The van der Waals surface area contributed by atoms with Gasteiger partial charge in [-0.25, -0.2) is 9.59 Å². The van der Waals surface area contributed by atoms with Crippen LogP contribution in [0.3, 0.4) is 0 Å². The van der Waals surface area contributed by atoms with Crippen LogP contribution in [0.15, 0.2) is 18.7 Å². The normalized spacial score (nSPS) is 15.0. The molecule has 0 spiro atoms. The third kappa shape index (κ3) is 2.34. The van der Waals surface area contributed by atoms with Gasteiger partial charge in [0.15, 0.2) is 5.69 Å². The lowest BCUT2D eigenvalue weighted by atomic mass is 9.97. The van der Waals surface area contributed by atoms with Crippen LogP contribution in [-0.2, 0) is 4.74 Å². The van der Waals surface area contributed by atoms with E-state index in [0.717, 1.165) is 5.69 Å². The van der Waals surface area contributed by atoms with Gasteiger partial charge in [0.05, 0.1) is 0 Å². The molecule has 0 bridgehead atoms. The molecule has 1 amide bonds. The molecule has 1 saturated heterocycles. The van der Waals surface area contributed by atoms with E-state index < -0.39 is 5.97 Å². The van der Waals surface area contributed by atoms with E-state index in [1.807, 2.05) is 0 Å². The number of hydrogen-bond acceptors (Lipinski definition) is 4. The van der Waals surface area contributed by atoms with Gasteiger partial charge < -0.3 is 14.7 Å². The summed E-state index contributed by atoms with van der Waals surface area (Å²) < 4.78 is 4.87. The number of ether oxygens (including phenoxy) is 1. The lowest BCUT2D eigenvalue weighted by Crippen LogP contribution is -2.48. The number of carboxylic acids is 1. The molecule has 96 valence electrons. The van der Waals surface area contributed by atoms with Crippen LogP contribution in [-0.4, -0.2) is 52.0 Å². The predicted molar refractivity (Wildman–Crippen MR) is 61.4 cm³/mol. The summed E-state index contributed by atoms with van der Waals surface area (Å²) in [5, 5.41) is 15.1. The second-order valence-electron chi connectivity index (χ2n) is 3.98. The Morgan fingerprint density at radius 3 is 2.94 bits per heavy atom. The largest absolute Gasteiger partial charge is 0.476 e. The molecular weight excluding hydrogens is 238 g/mol. The number of carbonyl (C=O) groups excluding carboxylic acids is 1. The Morgan fingerprint density at radius 2 is 2.39 bits per heavy atom. The molecule has 1 aliphatic heterocycles. The van der Waals surface area contributed by atoms with Crippen molar-refractivity contribution in [3.8, 4) is 0 Å². The van der Waals surface area contributed by atoms with Crippen LogP contribution in [0.25, 0.3) is 0 Å². The Bertz CT molecular complexity index is 476. The van der Waals surface area contributed by atoms with Crippen LogP contribution in [0.4, 0.5) is 4.79 Å². The zero-order chi connectivity index (χ0) is 13.1. The fraction of sp³-hybridized carbons (Fsp3) is 0.364. The average Bonchev–Trinajstić information content (AvgIpc) is 2.73. The number of aromatic amines is 1. The number of rotatable bonds is 4. The van der Waals surface area contributed by atoms with Gasteiger partial charge in [-0.1, -0.05) is 12.7 Å². The summed E-state index contributed by atoms with van der Waals surface area (Å²) in [7, 11) is 0. The van der Waals surface area contributed by atoms with E-state index >= 15 is 0 Å². The first-order chi connectivity index (χ1) is 8.61. The van der Waals surface area contributed by atoms with Gasteiger partial charge >= 0.3 is 12.1 Å². The number of amides is 1. The fourth-order valence-corrected chi connectivity index (χ4v) is 1.70. The topological polar surface area (TPSA) is 95.5 Å². The van der Waals surface area contributed by atoms with Gasteiger partial charge in [0.2, 0.25) is 0 Å². The van der Waals surface area contributed by atoms with E-state index in [4.69, 9.17) is 9.84 Å². The van der Waals surface area contributed by atoms with Crippen molar-refractivity contribution >= 4 is 12.1 Å². The second kappa shape index (κ2) is 4.91. The molecule has 0 saturated carbocycles. The van der Waals surface area contributed by atoms with Gasteiger partial charge in [0, 0.05) is 24.7 Å². The Labute approximate surface area is 103 Å². The van der Waals surface area contributed by atoms with Gasteiger partial charge in [-0.15, -0.1) is 0 Å². The number of carbonyl (C=O) groups is 2. The van der Waals surface area contributed by atoms with Crippen LogP contribution in [0.5, 0.6) is 0 Å². The van der Waals surface area contributed by atoms with Crippen LogP contribution in [0, 0.1) is 0 Å². The maximum absolute atomic E-state index is 11.4. The molecule has 0 aliphatic carbocycles. The average molecular weight is 251 g/mol. The summed E-state index contributed by atoms with van der Waals surface area (Å²) >= 11 is 0. The fourth-order valence-electron chi connectivity index (χ4n) is 1.70. The van der Waals surface area contributed by atoms with Crippen LogP contribution in [0.2, 0.25) is 0 Å². The summed E-state index contributed by atoms with van der Waals surface area (Å²) in [5.41, 5.74) is 0.706. The molecule has 7 heteroatoms. The van der Waals surface area contributed by atoms with Crippen molar-refractivity contribution in [3.05, 3.63) is 30.1 Å². The van der Waals surface area contributed by atoms with E-state index in [9.17, 15) is 9.59 Å². The zero-order valence-corrected chi connectivity index (χ0v) is 9.63. The minimum absolute atomic E-state index is 0.0160. The van der Waals surface area contributed by atoms with Crippen molar-refractivity contribution in [2.24, 2.45) is 0 Å². The molecule has 2 heterocycles. The first-order valence-corrected chi connectivity index (χ1v) is 5.43. The first kappa shape index (κ1) is 12.2. The molecule has 1 aromatic heterocycles. The summed E-state index contributed by atoms with van der Waals surface area (Å²) in [6.45, 7) is 4.64. The molecular formula is C11H13N3O4. The highest BCUT2D eigenvalue weighted by atomic mass is 16.6. The number of carboxylic acid groups (broad SMARTS) is 1. The number of aromatic carboxylic acids is 1. The number of likely N-dealkylation sites (tertiary alicyclic amines) is 1. The standard InChI is InChI=1S/C11H13N3O4/c1-2-3-18-11(17)14-5-7(6-14)8-4-9(10(15)16)13-12-8/h2,4,7H,1,3,5-6H2,(H,12,13)(H,15,16). The van der Waals surface area contributed by atoms with Crippen molar-refractivity contribution in [2.75, 3.05) is 19.7 Å². The lowest BCUT2D eigenvalue weighted by molar-refractivity contribution is 0.0689. The van der Waals surface area contributed by atoms with Crippen LogP contribution >= 0.6 is 0 Å². The van der Waals surface area contributed by atoms with E-state index in [1.165, 1.54) is 17.0 Å². The highest BCUT2D eigenvalue weighted by Gasteiger charge is 2.34. The van der Waals surface area contributed by atoms with E-state index in [-0.39, 0.29) is 24.3 Å².